The van der Waals surface area contributed by atoms with Crippen molar-refractivity contribution in [3.05, 3.63) is 96.4 Å². The number of hydrogen-bond donors (Lipinski definition) is 1. The number of nitrogens with one attached hydrogen (secondary N) is 1. The summed E-state index contributed by atoms with van der Waals surface area (Å²) in [6.45, 7) is 0.484. The average Bonchev–Trinajstić information content (AvgIpc) is 3.26. The van der Waals surface area contributed by atoms with Crippen LogP contribution in [-0.4, -0.2) is 34.3 Å². The fourth-order valence-electron chi connectivity index (χ4n) is 3.24. The number of rotatable bonds is 7. The van der Waals surface area contributed by atoms with Gasteiger partial charge in [-0.15, -0.1) is 0 Å². The van der Waals surface area contributed by atoms with Crippen LogP contribution in [0.4, 0.5) is 0 Å². The lowest BCUT2D eigenvalue weighted by Gasteiger charge is -2.08. The topological polar surface area (TPSA) is 69.0 Å². The number of carbonyl (C=O) groups is 1. The number of ether oxygens (including phenoxy) is 1. The van der Waals surface area contributed by atoms with E-state index in [9.17, 15) is 4.79 Å². The van der Waals surface area contributed by atoms with Gasteiger partial charge in [-0.2, -0.15) is 5.10 Å². The van der Waals surface area contributed by atoms with E-state index in [0.29, 0.717) is 30.0 Å². The summed E-state index contributed by atoms with van der Waals surface area (Å²) in [7, 11) is 1.61. The number of amides is 1. The molecule has 0 spiro atoms. The number of carbonyl (C=O) groups excluding carboxylic acids is 1. The molecule has 0 unspecified atom stereocenters. The van der Waals surface area contributed by atoms with Crippen LogP contribution in [0.3, 0.4) is 0 Å². The first-order valence-corrected chi connectivity index (χ1v) is 9.73. The van der Waals surface area contributed by atoms with Gasteiger partial charge in [0, 0.05) is 36.6 Å². The molecule has 4 aromatic rings. The minimum Gasteiger partial charge on any atom is -0.496 e. The van der Waals surface area contributed by atoms with Crippen molar-refractivity contribution in [2.75, 3.05) is 13.7 Å². The van der Waals surface area contributed by atoms with Gasteiger partial charge >= 0.3 is 0 Å². The molecule has 6 nitrogen and oxygen atoms in total. The normalized spacial score (nSPS) is 10.6. The summed E-state index contributed by atoms with van der Waals surface area (Å²) in [5, 5.41) is 7.70. The zero-order valence-corrected chi connectivity index (χ0v) is 16.7. The van der Waals surface area contributed by atoms with Crippen LogP contribution in [-0.2, 0) is 6.42 Å². The Morgan fingerprint density at radius 3 is 2.53 bits per heavy atom. The second-order valence-electron chi connectivity index (χ2n) is 6.70. The lowest BCUT2D eigenvalue weighted by atomic mass is 10.1. The Kier molecular flexibility index (Phi) is 5.85. The smallest absolute Gasteiger partial charge is 0.255 e. The Morgan fingerprint density at radius 2 is 1.77 bits per heavy atom. The van der Waals surface area contributed by atoms with Crippen molar-refractivity contribution >= 4 is 5.91 Å². The van der Waals surface area contributed by atoms with Gasteiger partial charge < -0.3 is 10.1 Å². The molecule has 0 atom stereocenters. The third-order valence-corrected chi connectivity index (χ3v) is 4.73. The minimum atomic E-state index is -0.186. The van der Waals surface area contributed by atoms with Crippen molar-refractivity contribution in [1.29, 1.82) is 0 Å². The second kappa shape index (κ2) is 9.05. The highest BCUT2D eigenvalue weighted by Crippen LogP contribution is 2.31. The summed E-state index contributed by atoms with van der Waals surface area (Å²) in [6.07, 6.45) is 4.16. The van der Waals surface area contributed by atoms with Crippen molar-refractivity contribution in [2.24, 2.45) is 0 Å². The van der Waals surface area contributed by atoms with Gasteiger partial charge in [0.15, 0.2) is 0 Å². The zero-order valence-electron chi connectivity index (χ0n) is 16.7. The number of pyridine rings is 1. The molecule has 0 aliphatic carbocycles. The fraction of sp³-hybridized carbons (Fsp3) is 0.125. The van der Waals surface area contributed by atoms with E-state index in [2.05, 4.69) is 10.3 Å². The van der Waals surface area contributed by atoms with Crippen molar-refractivity contribution in [2.45, 2.75) is 6.42 Å². The number of methoxy groups -OCH3 is 1. The van der Waals surface area contributed by atoms with Crippen molar-refractivity contribution in [3.63, 3.8) is 0 Å². The van der Waals surface area contributed by atoms with Gasteiger partial charge in [-0.25, -0.2) is 4.68 Å². The Balaban J connectivity index is 1.65. The van der Waals surface area contributed by atoms with Gasteiger partial charge in [-0.1, -0.05) is 36.4 Å². The molecule has 4 rings (SSSR count). The molecule has 0 aliphatic heterocycles. The summed E-state index contributed by atoms with van der Waals surface area (Å²) in [5.41, 5.74) is 3.64. The van der Waals surface area contributed by atoms with Crippen LogP contribution in [0.5, 0.6) is 5.75 Å². The molecule has 1 amide bonds. The molecule has 0 bridgehead atoms. The summed E-state index contributed by atoms with van der Waals surface area (Å²) in [5.74, 6) is 0.479. The third kappa shape index (κ3) is 4.22. The largest absolute Gasteiger partial charge is 0.496 e. The monoisotopic (exact) mass is 398 g/mol. The lowest BCUT2D eigenvalue weighted by Crippen LogP contribution is -2.26. The van der Waals surface area contributed by atoms with Gasteiger partial charge in [0.1, 0.15) is 11.4 Å². The summed E-state index contributed by atoms with van der Waals surface area (Å²) in [6, 6.07) is 23.0. The molecule has 6 heteroatoms. The van der Waals surface area contributed by atoms with Crippen molar-refractivity contribution in [3.8, 4) is 22.7 Å². The molecular formula is C24H22N4O2. The molecule has 2 heterocycles. The Bertz CT molecular complexity index is 1120. The molecule has 0 aliphatic rings. The van der Waals surface area contributed by atoms with Gasteiger partial charge in [0.05, 0.1) is 18.4 Å². The average molecular weight is 398 g/mol. The summed E-state index contributed by atoms with van der Waals surface area (Å²) < 4.78 is 7.22. The van der Waals surface area contributed by atoms with E-state index in [1.165, 1.54) is 0 Å². The van der Waals surface area contributed by atoms with Gasteiger partial charge in [-0.05, 0) is 36.4 Å². The SMILES string of the molecule is COc1ccccc1-c1nn(-c2ccccc2)cc1C(=O)NCCc1ccccn1. The number of aromatic nitrogens is 3. The first-order valence-electron chi connectivity index (χ1n) is 9.73. The van der Waals surface area contributed by atoms with E-state index in [4.69, 9.17) is 9.84 Å². The minimum absolute atomic E-state index is 0.186. The predicted octanol–water partition coefficient (Wildman–Crippen LogP) is 3.92. The number of para-hydroxylation sites is 2. The van der Waals surface area contributed by atoms with Crippen LogP contribution >= 0.6 is 0 Å². The molecule has 1 N–H and O–H groups in total. The van der Waals surface area contributed by atoms with Crippen LogP contribution in [0, 0.1) is 0 Å². The molecule has 0 saturated carbocycles. The highest BCUT2D eigenvalue weighted by Gasteiger charge is 2.20. The third-order valence-electron chi connectivity index (χ3n) is 4.73. The highest BCUT2D eigenvalue weighted by atomic mass is 16.5. The Hall–Kier alpha value is -3.93. The van der Waals surface area contributed by atoms with E-state index in [1.807, 2.05) is 72.8 Å². The molecule has 2 aromatic carbocycles. The molecular weight excluding hydrogens is 376 g/mol. The van der Waals surface area contributed by atoms with Crippen molar-refractivity contribution in [1.82, 2.24) is 20.1 Å². The highest BCUT2D eigenvalue weighted by molar-refractivity contribution is 6.00. The lowest BCUT2D eigenvalue weighted by molar-refractivity contribution is 0.0954. The van der Waals surface area contributed by atoms with E-state index >= 15 is 0 Å². The molecule has 0 fully saturated rings. The van der Waals surface area contributed by atoms with E-state index < -0.39 is 0 Å². The standard InChI is InChI=1S/C24H22N4O2/c1-30-22-13-6-5-12-20(22)23-21(17-28(27-23)19-10-3-2-4-11-19)24(29)26-16-14-18-9-7-8-15-25-18/h2-13,15,17H,14,16H2,1H3,(H,26,29). The first kappa shape index (κ1) is 19.4. The van der Waals surface area contributed by atoms with Gasteiger partial charge in [0.25, 0.3) is 5.91 Å². The maximum atomic E-state index is 13.0. The molecule has 30 heavy (non-hydrogen) atoms. The van der Waals surface area contributed by atoms with Crippen LogP contribution in [0.1, 0.15) is 16.1 Å². The van der Waals surface area contributed by atoms with Crippen LogP contribution < -0.4 is 10.1 Å². The van der Waals surface area contributed by atoms with E-state index in [-0.39, 0.29) is 5.91 Å². The number of hydrogen-bond acceptors (Lipinski definition) is 4. The second-order valence-corrected chi connectivity index (χ2v) is 6.70. The molecule has 150 valence electrons. The van der Waals surface area contributed by atoms with Crippen LogP contribution in [0.15, 0.2) is 85.2 Å². The maximum absolute atomic E-state index is 13.0. The molecule has 0 saturated heterocycles. The quantitative estimate of drug-likeness (QED) is 0.512. The maximum Gasteiger partial charge on any atom is 0.255 e. The van der Waals surface area contributed by atoms with Gasteiger partial charge in [-0.3, -0.25) is 9.78 Å². The zero-order chi connectivity index (χ0) is 20.8. The van der Waals surface area contributed by atoms with Gasteiger partial charge in [0.2, 0.25) is 0 Å². The van der Waals surface area contributed by atoms with Crippen LogP contribution in [0.2, 0.25) is 0 Å². The van der Waals surface area contributed by atoms with E-state index in [1.54, 1.807) is 24.2 Å². The Morgan fingerprint density at radius 1 is 1.00 bits per heavy atom. The van der Waals surface area contributed by atoms with E-state index in [0.717, 1.165) is 16.9 Å². The predicted molar refractivity (Wildman–Crippen MR) is 116 cm³/mol. The summed E-state index contributed by atoms with van der Waals surface area (Å²) >= 11 is 0. The first-order chi connectivity index (χ1) is 14.8. The Labute approximate surface area is 175 Å². The molecule has 2 aromatic heterocycles. The number of nitrogens with zero attached hydrogens (tertiary/aromatic N) is 3. The number of benzene rings is 2. The molecule has 0 radical (unpaired) electrons. The summed E-state index contributed by atoms with van der Waals surface area (Å²) in [4.78, 5) is 17.3. The fourth-order valence-corrected chi connectivity index (χ4v) is 3.24. The van der Waals surface area contributed by atoms with Crippen LogP contribution in [0.25, 0.3) is 16.9 Å². The van der Waals surface area contributed by atoms with Crippen molar-refractivity contribution < 1.29 is 9.53 Å².